The van der Waals surface area contributed by atoms with Crippen molar-refractivity contribution in [1.29, 1.82) is 0 Å². The van der Waals surface area contributed by atoms with Crippen LogP contribution < -0.4 is 0 Å². The third-order valence-corrected chi connectivity index (χ3v) is 4.53. The lowest BCUT2D eigenvalue weighted by Crippen LogP contribution is -2.42. The van der Waals surface area contributed by atoms with Gasteiger partial charge in [-0.05, 0) is 0 Å². The first-order valence-corrected chi connectivity index (χ1v) is 5.85. The van der Waals surface area contributed by atoms with E-state index in [1.54, 1.807) is 0 Å². The van der Waals surface area contributed by atoms with Crippen molar-refractivity contribution in [1.82, 2.24) is 0 Å². The maximum absolute atomic E-state index is 10.6. The standard InChI is InChI=1S/C6H14O4SSi/c1-8-12(9-2,10-3)5-4-6(7)11/h4-5H2,1-3H3,(H,7,11). The number of hydrogen-bond acceptors (Lipinski definition) is 4. The highest BCUT2D eigenvalue weighted by Crippen LogP contribution is 2.15. The second-order valence-electron chi connectivity index (χ2n) is 2.19. The molecule has 0 aromatic rings. The summed E-state index contributed by atoms with van der Waals surface area (Å²) in [5, 5.41) is -0.182. The fraction of sp³-hybridized carbons (Fsp3) is 0.833. The fourth-order valence-corrected chi connectivity index (χ4v) is 2.78. The third-order valence-electron chi connectivity index (χ3n) is 1.58. The first-order chi connectivity index (χ1) is 5.60. The smallest absolute Gasteiger partial charge is 0.377 e. The molecule has 0 aromatic heterocycles. The maximum Gasteiger partial charge on any atom is 0.500 e. The van der Waals surface area contributed by atoms with Gasteiger partial charge >= 0.3 is 8.80 Å². The number of carbonyl (C=O) groups is 1. The van der Waals surface area contributed by atoms with Gasteiger partial charge in [-0.1, -0.05) is 0 Å². The van der Waals surface area contributed by atoms with Crippen LogP contribution in [0.25, 0.3) is 0 Å². The molecule has 0 fully saturated rings. The van der Waals surface area contributed by atoms with Gasteiger partial charge in [0.1, 0.15) is 0 Å². The normalized spacial score (nSPS) is 11.7. The van der Waals surface area contributed by atoms with Crippen LogP contribution in [0.3, 0.4) is 0 Å². The summed E-state index contributed by atoms with van der Waals surface area (Å²) >= 11 is 3.64. The number of carbonyl (C=O) groups excluding carboxylic acids is 1. The zero-order valence-corrected chi connectivity index (χ0v) is 9.39. The Morgan fingerprint density at radius 1 is 1.25 bits per heavy atom. The van der Waals surface area contributed by atoms with E-state index in [4.69, 9.17) is 13.3 Å². The van der Waals surface area contributed by atoms with Gasteiger partial charge in [-0.15, -0.1) is 12.6 Å². The van der Waals surface area contributed by atoms with Gasteiger partial charge in [-0.3, -0.25) is 4.79 Å². The maximum atomic E-state index is 10.6. The summed E-state index contributed by atoms with van der Waals surface area (Å²) < 4.78 is 15.3. The average molecular weight is 210 g/mol. The Morgan fingerprint density at radius 3 is 1.92 bits per heavy atom. The van der Waals surface area contributed by atoms with Gasteiger partial charge in [0.2, 0.25) is 0 Å². The zero-order chi connectivity index (χ0) is 9.61. The minimum atomic E-state index is -2.55. The summed E-state index contributed by atoms with van der Waals surface area (Å²) in [6.45, 7) is 0. The molecule has 0 saturated carbocycles. The molecule has 0 aliphatic carbocycles. The summed E-state index contributed by atoms with van der Waals surface area (Å²) in [5.74, 6) is 0. The van der Waals surface area contributed by atoms with E-state index in [0.29, 0.717) is 12.5 Å². The summed E-state index contributed by atoms with van der Waals surface area (Å²) in [6, 6.07) is 0.471. The Morgan fingerprint density at radius 2 is 1.67 bits per heavy atom. The molecule has 12 heavy (non-hydrogen) atoms. The second-order valence-corrected chi connectivity index (χ2v) is 5.78. The monoisotopic (exact) mass is 210 g/mol. The van der Waals surface area contributed by atoms with E-state index in [1.165, 1.54) is 21.3 Å². The van der Waals surface area contributed by atoms with Crippen molar-refractivity contribution in [2.45, 2.75) is 12.5 Å². The highest BCUT2D eigenvalue weighted by Gasteiger charge is 2.37. The van der Waals surface area contributed by atoms with Gasteiger partial charge in [-0.2, -0.15) is 0 Å². The van der Waals surface area contributed by atoms with Crippen LogP contribution in [0.2, 0.25) is 6.04 Å². The first kappa shape index (κ1) is 12.1. The van der Waals surface area contributed by atoms with Crippen molar-refractivity contribution in [3.05, 3.63) is 0 Å². The fourth-order valence-electron chi connectivity index (χ4n) is 0.816. The zero-order valence-electron chi connectivity index (χ0n) is 7.49. The molecule has 72 valence electrons. The van der Waals surface area contributed by atoms with Crippen LogP contribution in [-0.2, 0) is 18.1 Å². The molecule has 0 saturated heterocycles. The van der Waals surface area contributed by atoms with Crippen LogP contribution in [-0.4, -0.2) is 35.2 Å². The van der Waals surface area contributed by atoms with Crippen LogP contribution >= 0.6 is 12.6 Å². The largest absolute Gasteiger partial charge is 0.500 e. The average Bonchev–Trinajstić information content (AvgIpc) is 2.08. The second kappa shape index (κ2) is 5.71. The molecule has 0 aliphatic rings. The minimum absolute atomic E-state index is 0.182. The van der Waals surface area contributed by atoms with Gasteiger partial charge in [0.25, 0.3) is 0 Å². The lowest BCUT2D eigenvalue weighted by atomic mass is 10.5. The topological polar surface area (TPSA) is 44.8 Å². The van der Waals surface area contributed by atoms with Crippen LogP contribution in [0.4, 0.5) is 0 Å². The summed E-state index contributed by atoms with van der Waals surface area (Å²) in [6.07, 6.45) is 0.310. The number of hydrogen-bond donors (Lipinski definition) is 1. The summed E-state index contributed by atoms with van der Waals surface area (Å²) in [5.41, 5.74) is 0. The van der Waals surface area contributed by atoms with Gasteiger partial charge < -0.3 is 13.3 Å². The molecule has 4 nitrogen and oxygen atoms in total. The Hall–Kier alpha value is 0.117. The number of thiol groups is 1. The molecule has 0 heterocycles. The summed E-state index contributed by atoms with van der Waals surface area (Å²) in [4.78, 5) is 10.6. The van der Waals surface area contributed by atoms with Crippen LogP contribution in [0, 0.1) is 0 Å². The molecule has 0 rings (SSSR count). The van der Waals surface area contributed by atoms with Crippen LogP contribution in [0.15, 0.2) is 0 Å². The lowest BCUT2D eigenvalue weighted by molar-refractivity contribution is -0.110. The van der Waals surface area contributed by atoms with Gasteiger partial charge in [-0.25, -0.2) is 0 Å². The van der Waals surface area contributed by atoms with Gasteiger partial charge in [0.05, 0.1) is 0 Å². The molecule has 0 unspecified atom stereocenters. The molecule has 6 heteroatoms. The predicted octanol–water partition coefficient (Wildman–Crippen LogP) is 0.711. The number of rotatable bonds is 6. The van der Waals surface area contributed by atoms with E-state index in [1.807, 2.05) is 0 Å². The van der Waals surface area contributed by atoms with E-state index >= 15 is 0 Å². The van der Waals surface area contributed by atoms with E-state index in [9.17, 15) is 4.79 Å². The van der Waals surface area contributed by atoms with E-state index in [0.717, 1.165) is 0 Å². The summed E-state index contributed by atoms with van der Waals surface area (Å²) in [7, 11) is 2.00. The highest BCUT2D eigenvalue weighted by molar-refractivity contribution is 7.96. The van der Waals surface area contributed by atoms with Crippen molar-refractivity contribution < 1.29 is 18.1 Å². The molecule has 0 spiro atoms. The van der Waals surface area contributed by atoms with Gasteiger partial charge in [0.15, 0.2) is 5.12 Å². The van der Waals surface area contributed by atoms with Crippen LogP contribution in [0.1, 0.15) is 6.42 Å². The molecule has 0 radical (unpaired) electrons. The highest BCUT2D eigenvalue weighted by atomic mass is 32.1. The first-order valence-electron chi connectivity index (χ1n) is 3.47. The van der Waals surface area contributed by atoms with Crippen molar-refractivity contribution in [3.8, 4) is 0 Å². The molecule has 0 atom stereocenters. The van der Waals surface area contributed by atoms with E-state index < -0.39 is 8.80 Å². The molecule has 0 aromatic carbocycles. The lowest BCUT2D eigenvalue weighted by Gasteiger charge is -2.23. The van der Waals surface area contributed by atoms with Crippen molar-refractivity contribution in [2.75, 3.05) is 21.3 Å². The third kappa shape index (κ3) is 3.68. The van der Waals surface area contributed by atoms with Crippen molar-refractivity contribution in [3.63, 3.8) is 0 Å². The van der Waals surface area contributed by atoms with Crippen molar-refractivity contribution >= 4 is 26.5 Å². The van der Waals surface area contributed by atoms with Gasteiger partial charge in [0, 0.05) is 33.8 Å². The molecule has 0 amide bonds. The molecule has 0 N–H and O–H groups in total. The SMILES string of the molecule is CO[Si](CCC(=O)S)(OC)OC. The Balaban J connectivity index is 4.01. The van der Waals surface area contributed by atoms with E-state index in [2.05, 4.69) is 12.6 Å². The predicted molar refractivity (Wildman–Crippen MR) is 50.2 cm³/mol. The Bertz CT molecular complexity index is 140. The molecular weight excluding hydrogens is 196 g/mol. The van der Waals surface area contributed by atoms with Crippen LogP contribution in [0.5, 0.6) is 0 Å². The molecular formula is C6H14O4SSi. The molecule has 0 aliphatic heterocycles. The quantitative estimate of drug-likeness (QED) is 0.518. The van der Waals surface area contributed by atoms with E-state index in [-0.39, 0.29) is 5.12 Å². The van der Waals surface area contributed by atoms with Crippen molar-refractivity contribution in [2.24, 2.45) is 0 Å². The molecule has 0 bridgehead atoms. The minimum Gasteiger partial charge on any atom is -0.377 e. The Labute approximate surface area is 79.0 Å². The Kier molecular flexibility index (Phi) is 5.77.